The van der Waals surface area contributed by atoms with Crippen LogP contribution in [0.3, 0.4) is 0 Å². The molecule has 106 valence electrons. The van der Waals surface area contributed by atoms with Gasteiger partial charge in [-0.2, -0.15) is 0 Å². The van der Waals surface area contributed by atoms with Gasteiger partial charge in [0, 0.05) is 17.5 Å². The molecule has 1 heterocycles. The van der Waals surface area contributed by atoms with Crippen molar-refractivity contribution in [3.63, 3.8) is 0 Å². The van der Waals surface area contributed by atoms with E-state index in [0.717, 1.165) is 24.3 Å². The van der Waals surface area contributed by atoms with E-state index in [1.165, 1.54) is 22.1 Å². The van der Waals surface area contributed by atoms with Gasteiger partial charge in [0.1, 0.15) is 0 Å². The molecule has 1 N–H and O–H groups in total. The average Bonchev–Trinajstić information content (AvgIpc) is 2.52. The summed E-state index contributed by atoms with van der Waals surface area (Å²) in [7, 11) is 0. The number of benzene rings is 2. The lowest BCUT2D eigenvalue weighted by Crippen LogP contribution is -2.11. The minimum atomic E-state index is 0.919. The summed E-state index contributed by atoms with van der Waals surface area (Å²) in [6.45, 7) is 6.19. The Kier molecular flexibility index (Phi) is 3.98. The van der Waals surface area contributed by atoms with Gasteiger partial charge in [0.25, 0.3) is 0 Å². The van der Waals surface area contributed by atoms with Crippen LogP contribution in [0.15, 0.2) is 54.6 Å². The first-order valence-electron chi connectivity index (χ1n) is 7.44. The molecule has 0 aliphatic rings. The maximum Gasteiger partial charge on any atom is 0.0712 e. The highest BCUT2D eigenvalue weighted by Crippen LogP contribution is 2.24. The Morgan fingerprint density at radius 1 is 1.00 bits per heavy atom. The number of fused-ring (bicyclic) bond motifs is 1. The third-order valence-corrected chi connectivity index (χ3v) is 3.74. The Morgan fingerprint density at radius 3 is 2.67 bits per heavy atom. The molecular weight excluding hydrogens is 256 g/mol. The summed E-state index contributed by atoms with van der Waals surface area (Å²) in [4.78, 5) is 4.78. The summed E-state index contributed by atoms with van der Waals surface area (Å²) in [5, 5.41) is 4.54. The van der Waals surface area contributed by atoms with Crippen molar-refractivity contribution in [2.24, 2.45) is 0 Å². The molecule has 0 spiro atoms. The molecule has 3 rings (SSSR count). The first-order chi connectivity index (χ1) is 10.3. The van der Waals surface area contributed by atoms with Gasteiger partial charge in [-0.05, 0) is 36.7 Å². The van der Waals surface area contributed by atoms with Crippen molar-refractivity contribution in [2.45, 2.75) is 20.4 Å². The van der Waals surface area contributed by atoms with Crippen molar-refractivity contribution in [3.8, 4) is 11.3 Å². The lowest BCUT2D eigenvalue weighted by atomic mass is 10.0. The van der Waals surface area contributed by atoms with Crippen molar-refractivity contribution in [1.29, 1.82) is 0 Å². The van der Waals surface area contributed by atoms with Gasteiger partial charge < -0.3 is 5.32 Å². The molecule has 0 atom stereocenters. The van der Waals surface area contributed by atoms with Crippen LogP contribution in [0, 0.1) is 6.92 Å². The second-order valence-electron chi connectivity index (χ2n) is 5.32. The van der Waals surface area contributed by atoms with E-state index in [2.05, 4.69) is 61.6 Å². The van der Waals surface area contributed by atoms with Crippen molar-refractivity contribution in [1.82, 2.24) is 10.3 Å². The molecule has 1 aromatic heterocycles. The number of hydrogen-bond donors (Lipinski definition) is 1. The predicted octanol–water partition coefficient (Wildman–Crippen LogP) is 4.32. The zero-order valence-corrected chi connectivity index (χ0v) is 12.6. The smallest absolute Gasteiger partial charge is 0.0712 e. The van der Waals surface area contributed by atoms with Gasteiger partial charge in [-0.1, -0.05) is 49.4 Å². The fraction of sp³-hybridized carbons (Fsp3) is 0.211. The van der Waals surface area contributed by atoms with Crippen molar-refractivity contribution < 1.29 is 0 Å². The van der Waals surface area contributed by atoms with Gasteiger partial charge in [-0.3, -0.25) is 0 Å². The Balaban J connectivity index is 1.98. The van der Waals surface area contributed by atoms with Gasteiger partial charge in [0.2, 0.25) is 0 Å². The second-order valence-corrected chi connectivity index (χ2v) is 5.32. The van der Waals surface area contributed by atoms with E-state index in [4.69, 9.17) is 4.98 Å². The Bertz CT molecular complexity index is 762. The standard InChI is InChI=1S/C19H20N2/c1-3-20-13-15-8-10-17(14(2)12-15)19-11-9-16-6-4-5-7-18(16)21-19/h4-12,20H,3,13H2,1-2H3. The van der Waals surface area contributed by atoms with Gasteiger partial charge in [0.05, 0.1) is 11.2 Å². The number of hydrogen-bond acceptors (Lipinski definition) is 2. The van der Waals surface area contributed by atoms with Crippen molar-refractivity contribution >= 4 is 10.9 Å². The topological polar surface area (TPSA) is 24.9 Å². The van der Waals surface area contributed by atoms with Crippen molar-refractivity contribution in [2.75, 3.05) is 6.54 Å². The maximum atomic E-state index is 4.78. The Hall–Kier alpha value is -2.19. The average molecular weight is 276 g/mol. The second kappa shape index (κ2) is 6.06. The molecule has 0 saturated heterocycles. The van der Waals surface area contributed by atoms with E-state index in [1.807, 2.05) is 12.1 Å². The maximum absolute atomic E-state index is 4.78. The molecule has 2 aromatic carbocycles. The molecule has 3 aromatic rings. The first kappa shape index (κ1) is 13.8. The lowest BCUT2D eigenvalue weighted by molar-refractivity contribution is 0.726. The van der Waals surface area contributed by atoms with Crippen LogP contribution in [-0.4, -0.2) is 11.5 Å². The van der Waals surface area contributed by atoms with Crippen LogP contribution in [0.4, 0.5) is 0 Å². The summed E-state index contributed by atoms with van der Waals surface area (Å²) < 4.78 is 0. The monoisotopic (exact) mass is 276 g/mol. The molecule has 21 heavy (non-hydrogen) atoms. The Labute approximate surface area is 125 Å². The number of rotatable bonds is 4. The van der Waals surface area contributed by atoms with Crippen LogP contribution >= 0.6 is 0 Å². The SMILES string of the molecule is CCNCc1ccc(-c2ccc3ccccc3n2)c(C)c1. The first-order valence-corrected chi connectivity index (χ1v) is 7.44. The number of para-hydroxylation sites is 1. The molecule has 2 heteroatoms. The third kappa shape index (κ3) is 2.96. The van der Waals surface area contributed by atoms with Gasteiger partial charge >= 0.3 is 0 Å². The third-order valence-electron chi connectivity index (χ3n) is 3.74. The summed E-state index contributed by atoms with van der Waals surface area (Å²) in [6.07, 6.45) is 0. The van der Waals surface area contributed by atoms with E-state index in [0.29, 0.717) is 0 Å². The van der Waals surface area contributed by atoms with Crippen LogP contribution in [0.2, 0.25) is 0 Å². The van der Waals surface area contributed by atoms with E-state index < -0.39 is 0 Å². The number of nitrogens with zero attached hydrogens (tertiary/aromatic N) is 1. The summed E-state index contributed by atoms with van der Waals surface area (Å²) >= 11 is 0. The van der Waals surface area contributed by atoms with E-state index >= 15 is 0 Å². The summed E-state index contributed by atoms with van der Waals surface area (Å²) in [5.41, 5.74) is 5.89. The molecule has 0 unspecified atom stereocenters. The zero-order valence-electron chi connectivity index (χ0n) is 12.6. The molecule has 0 amide bonds. The molecular formula is C19H20N2. The lowest BCUT2D eigenvalue weighted by Gasteiger charge is -2.09. The van der Waals surface area contributed by atoms with E-state index in [1.54, 1.807) is 0 Å². The number of pyridine rings is 1. The minimum Gasteiger partial charge on any atom is -0.313 e. The van der Waals surface area contributed by atoms with Crippen molar-refractivity contribution in [3.05, 3.63) is 65.7 Å². The molecule has 0 aliphatic heterocycles. The van der Waals surface area contributed by atoms with Crippen LogP contribution in [0.5, 0.6) is 0 Å². The van der Waals surface area contributed by atoms with Crippen LogP contribution in [0.25, 0.3) is 22.2 Å². The normalized spacial score (nSPS) is 11.0. The molecule has 0 fully saturated rings. The Morgan fingerprint density at radius 2 is 1.86 bits per heavy atom. The molecule has 2 nitrogen and oxygen atoms in total. The highest BCUT2D eigenvalue weighted by Gasteiger charge is 2.05. The highest BCUT2D eigenvalue weighted by molar-refractivity contribution is 5.81. The molecule has 0 radical (unpaired) electrons. The van der Waals surface area contributed by atoms with Gasteiger partial charge in [0.15, 0.2) is 0 Å². The van der Waals surface area contributed by atoms with Crippen LogP contribution in [0.1, 0.15) is 18.1 Å². The number of nitrogens with one attached hydrogen (secondary N) is 1. The quantitative estimate of drug-likeness (QED) is 0.767. The largest absolute Gasteiger partial charge is 0.313 e. The minimum absolute atomic E-state index is 0.919. The van der Waals surface area contributed by atoms with Gasteiger partial charge in [-0.15, -0.1) is 0 Å². The van der Waals surface area contributed by atoms with Crippen LogP contribution < -0.4 is 5.32 Å². The number of aryl methyl sites for hydroxylation is 1. The molecule has 0 saturated carbocycles. The van der Waals surface area contributed by atoms with E-state index in [-0.39, 0.29) is 0 Å². The van der Waals surface area contributed by atoms with Crippen LogP contribution in [-0.2, 0) is 6.54 Å². The molecule has 0 aliphatic carbocycles. The number of aromatic nitrogens is 1. The fourth-order valence-corrected chi connectivity index (χ4v) is 2.61. The molecule has 0 bridgehead atoms. The highest BCUT2D eigenvalue weighted by atomic mass is 14.8. The zero-order chi connectivity index (χ0) is 14.7. The fourth-order valence-electron chi connectivity index (χ4n) is 2.61. The van der Waals surface area contributed by atoms with E-state index in [9.17, 15) is 0 Å². The predicted molar refractivity (Wildman–Crippen MR) is 89.3 cm³/mol. The van der Waals surface area contributed by atoms with Gasteiger partial charge in [-0.25, -0.2) is 4.98 Å². The summed E-state index contributed by atoms with van der Waals surface area (Å²) in [6, 6.07) is 19.1. The summed E-state index contributed by atoms with van der Waals surface area (Å²) in [5.74, 6) is 0.